The second-order valence-electron chi connectivity index (χ2n) is 6.65. The average Bonchev–Trinajstić information content (AvgIpc) is 2.54. The Morgan fingerprint density at radius 3 is 2.08 bits per heavy atom. The van der Waals surface area contributed by atoms with Crippen molar-refractivity contribution in [2.75, 3.05) is 0 Å². The lowest BCUT2D eigenvalue weighted by Gasteiger charge is -2.18. The highest BCUT2D eigenvalue weighted by Gasteiger charge is 2.27. The highest BCUT2D eigenvalue weighted by Crippen LogP contribution is 2.44. The Labute approximate surface area is 146 Å². The molecule has 7 heteroatoms. The van der Waals surface area contributed by atoms with Crippen molar-refractivity contribution < 1.29 is 28.3 Å². The van der Waals surface area contributed by atoms with Gasteiger partial charge in [0.2, 0.25) is 0 Å². The molecule has 0 fully saturated rings. The van der Waals surface area contributed by atoms with E-state index in [1.54, 1.807) is 36.4 Å². The molecular weight excluding hydrogens is 343 g/mol. The van der Waals surface area contributed by atoms with E-state index in [0.29, 0.717) is 0 Å². The predicted octanol–water partition coefficient (Wildman–Crippen LogP) is 4.56. The van der Waals surface area contributed by atoms with Crippen molar-refractivity contribution in [1.29, 1.82) is 0 Å². The average molecular weight is 364 g/mol. The quantitative estimate of drug-likeness (QED) is 0.476. The summed E-state index contributed by atoms with van der Waals surface area (Å²) in [7, 11) is -4.58. The van der Waals surface area contributed by atoms with Gasteiger partial charge in [0.25, 0.3) is 0 Å². The van der Waals surface area contributed by atoms with E-state index in [0.717, 1.165) is 11.1 Å². The van der Waals surface area contributed by atoms with Crippen LogP contribution < -0.4 is 4.52 Å². The van der Waals surface area contributed by atoms with Crippen LogP contribution in [0, 0.1) is 6.92 Å². The summed E-state index contributed by atoms with van der Waals surface area (Å²) in [4.78, 5) is 26.0. The van der Waals surface area contributed by atoms with Gasteiger partial charge in [-0.05, 0) is 42.2 Å². The Morgan fingerprint density at radius 1 is 1.00 bits per heavy atom. The summed E-state index contributed by atoms with van der Waals surface area (Å²) in [6.45, 7) is 8.02. The van der Waals surface area contributed by atoms with Crippen molar-refractivity contribution in [1.82, 2.24) is 0 Å². The van der Waals surface area contributed by atoms with Gasteiger partial charge in [0.15, 0.2) is 0 Å². The fourth-order valence-electron chi connectivity index (χ4n) is 1.98. The van der Waals surface area contributed by atoms with Crippen LogP contribution in [0.2, 0.25) is 0 Å². The molecule has 0 saturated heterocycles. The van der Waals surface area contributed by atoms with Gasteiger partial charge in [-0.25, -0.2) is 9.36 Å². The molecule has 0 amide bonds. The van der Waals surface area contributed by atoms with Crippen LogP contribution in [0.4, 0.5) is 0 Å². The molecular formula is C18H21O6P. The third-order valence-corrected chi connectivity index (χ3v) is 4.14. The SMILES string of the molecule is Cc1ccc(OP(=O)(O)OOC(=O)c2ccc(C(C)(C)C)cc2)cc1. The summed E-state index contributed by atoms with van der Waals surface area (Å²) in [6.07, 6.45) is 0. The van der Waals surface area contributed by atoms with E-state index < -0.39 is 13.8 Å². The Balaban J connectivity index is 1.96. The van der Waals surface area contributed by atoms with Crippen molar-refractivity contribution in [3.63, 3.8) is 0 Å². The van der Waals surface area contributed by atoms with Crippen LogP contribution in [0.3, 0.4) is 0 Å². The first-order chi connectivity index (χ1) is 11.6. The summed E-state index contributed by atoms with van der Waals surface area (Å²) in [5.41, 5.74) is 2.15. The standard InChI is InChI=1S/C18H21O6P/c1-13-5-11-16(12-6-13)23-25(20,21)24-22-17(19)14-7-9-15(10-8-14)18(2,3)4/h5-12H,1-4H3,(H,20,21). The van der Waals surface area contributed by atoms with E-state index in [1.165, 1.54) is 12.1 Å². The summed E-state index contributed by atoms with van der Waals surface area (Å²) >= 11 is 0. The number of rotatable bonds is 5. The summed E-state index contributed by atoms with van der Waals surface area (Å²) in [6, 6.07) is 13.1. The molecule has 0 radical (unpaired) electrons. The molecule has 2 aromatic carbocycles. The number of phosphoric acid groups is 1. The third-order valence-electron chi connectivity index (χ3n) is 3.44. The van der Waals surface area contributed by atoms with Gasteiger partial charge >= 0.3 is 13.8 Å². The van der Waals surface area contributed by atoms with Crippen molar-refractivity contribution in [3.05, 3.63) is 65.2 Å². The number of benzene rings is 2. The van der Waals surface area contributed by atoms with Crippen molar-refractivity contribution in [2.24, 2.45) is 0 Å². The zero-order valence-electron chi connectivity index (χ0n) is 14.6. The number of aryl methyl sites for hydroxylation is 1. The molecule has 6 nitrogen and oxygen atoms in total. The zero-order valence-corrected chi connectivity index (χ0v) is 15.4. The van der Waals surface area contributed by atoms with Gasteiger partial charge in [0, 0.05) is 0 Å². The lowest BCUT2D eigenvalue weighted by Crippen LogP contribution is -2.12. The maximum absolute atomic E-state index is 11.9. The Hall–Kier alpha value is -2.14. The lowest BCUT2D eigenvalue weighted by molar-refractivity contribution is -0.165. The van der Waals surface area contributed by atoms with Crippen molar-refractivity contribution in [2.45, 2.75) is 33.1 Å². The van der Waals surface area contributed by atoms with Gasteiger partial charge in [-0.3, -0.25) is 9.78 Å². The monoisotopic (exact) mass is 364 g/mol. The Kier molecular flexibility index (Phi) is 5.68. The zero-order chi connectivity index (χ0) is 18.7. The number of phosphoric ester groups is 1. The molecule has 134 valence electrons. The minimum absolute atomic E-state index is 0.0540. The minimum atomic E-state index is -4.58. The highest BCUT2D eigenvalue weighted by atomic mass is 31.2. The van der Waals surface area contributed by atoms with Crippen molar-refractivity contribution >= 4 is 13.8 Å². The second kappa shape index (κ2) is 7.40. The van der Waals surface area contributed by atoms with E-state index in [9.17, 15) is 14.3 Å². The molecule has 0 aliphatic carbocycles. The number of hydrogen-bond donors (Lipinski definition) is 1. The first kappa shape index (κ1) is 19.2. The maximum Gasteiger partial charge on any atom is 0.564 e. The predicted molar refractivity (Wildman–Crippen MR) is 93.3 cm³/mol. The Bertz CT molecular complexity index is 775. The third kappa shape index (κ3) is 5.71. The van der Waals surface area contributed by atoms with Crippen LogP contribution in [-0.4, -0.2) is 10.9 Å². The molecule has 0 aliphatic rings. The molecule has 1 atom stereocenters. The number of carbonyl (C=O) groups excluding carboxylic acids is 1. The Morgan fingerprint density at radius 2 is 1.56 bits per heavy atom. The first-order valence-corrected chi connectivity index (χ1v) is 9.16. The molecule has 2 rings (SSSR count). The summed E-state index contributed by atoms with van der Waals surface area (Å²) < 4.78 is 21.0. The maximum atomic E-state index is 11.9. The minimum Gasteiger partial charge on any atom is -0.402 e. The van der Waals surface area contributed by atoms with Crippen LogP contribution in [0.5, 0.6) is 5.75 Å². The van der Waals surface area contributed by atoms with Gasteiger partial charge in [-0.1, -0.05) is 55.3 Å². The lowest BCUT2D eigenvalue weighted by atomic mass is 9.87. The molecule has 0 aromatic heterocycles. The molecule has 0 spiro atoms. The van der Waals surface area contributed by atoms with Gasteiger partial charge < -0.3 is 4.52 Å². The molecule has 1 N–H and O–H groups in total. The number of carbonyl (C=O) groups is 1. The fraction of sp³-hybridized carbons (Fsp3) is 0.278. The first-order valence-electron chi connectivity index (χ1n) is 7.67. The van der Waals surface area contributed by atoms with Crippen LogP contribution >= 0.6 is 7.82 Å². The smallest absolute Gasteiger partial charge is 0.402 e. The summed E-state index contributed by atoms with van der Waals surface area (Å²) in [5, 5.41) is 0. The van der Waals surface area contributed by atoms with Gasteiger partial charge in [0.1, 0.15) is 5.75 Å². The number of hydrogen-bond acceptors (Lipinski definition) is 5. The molecule has 25 heavy (non-hydrogen) atoms. The van der Waals surface area contributed by atoms with Crippen molar-refractivity contribution in [3.8, 4) is 5.75 Å². The van der Waals surface area contributed by atoms with E-state index in [-0.39, 0.29) is 16.7 Å². The van der Waals surface area contributed by atoms with Gasteiger partial charge in [0.05, 0.1) is 5.56 Å². The topological polar surface area (TPSA) is 82.1 Å². The normalized spacial score (nSPS) is 13.8. The highest BCUT2D eigenvalue weighted by molar-refractivity contribution is 7.47. The molecule has 0 saturated carbocycles. The molecule has 2 aromatic rings. The van der Waals surface area contributed by atoms with Crippen LogP contribution in [0.1, 0.15) is 42.3 Å². The van der Waals surface area contributed by atoms with Crippen LogP contribution in [-0.2, 0) is 19.5 Å². The second-order valence-corrected chi connectivity index (χ2v) is 7.91. The van der Waals surface area contributed by atoms with Gasteiger partial charge in [-0.15, -0.1) is 0 Å². The fourth-order valence-corrected chi connectivity index (χ4v) is 2.56. The van der Waals surface area contributed by atoms with E-state index >= 15 is 0 Å². The van der Waals surface area contributed by atoms with Crippen LogP contribution in [0.25, 0.3) is 0 Å². The van der Waals surface area contributed by atoms with Crippen LogP contribution in [0.15, 0.2) is 48.5 Å². The molecule has 0 heterocycles. The molecule has 1 unspecified atom stereocenters. The largest absolute Gasteiger partial charge is 0.564 e. The summed E-state index contributed by atoms with van der Waals surface area (Å²) in [5.74, 6) is -0.760. The van der Waals surface area contributed by atoms with E-state index in [2.05, 4.69) is 9.56 Å². The van der Waals surface area contributed by atoms with Gasteiger partial charge in [-0.2, -0.15) is 0 Å². The van der Waals surface area contributed by atoms with E-state index in [4.69, 9.17) is 4.52 Å². The molecule has 0 bridgehead atoms. The van der Waals surface area contributed by atoms with E-state index in [1.807, 2.05) is 27.7 Å². The molecule has 0 aliphatic heterocycles.